The van der Waals surface area contributed by atoms with Crippen molar-refractivity contribution in [1.82, 2.24) is 14.2 Å². The molecule has 1 saturated heterocycles. The standard InChI is InChI=1S/C18H17Cl2N3O5S/c19-14-6-7-15(20)21-17(14)18(25)28-12-16(24)22-8-10-23(11-9-22)29(26,27)13-4-2-1-3-5-13/h1-7H,8-12H2. The number of hydrogen-bond acceptors (Lipinski definition) is 6. The molecule has 0 aliphatic carbocycles. The second-order valence-electron chi connectivity index (χ2n) is 6.14. The van der Waals surface area contributed by atoms with Gasteiger partial charge in [-0.25, -0.2) is 18.2 Å². The minimum Gasteiger partial charge on any atom is -0.451 e. The number of aromatic nitrogens is 1. The monoisotopic (exact) mass is 457 g/mol. The molecule has 1 aliphatic rings. The van der Waals surface area contributed by atoms with Gasteiger partial charge in [0.2, 0.25) is 10.0 Å². The summed E-state index contributed by atoms with van der Waals surface area (Å²) in [7, 11) is -3.61. The van der Waals surface area contributed by atoms with Gasteiger partial charge in [0.25, 0.3) is 5.91 Å². The summed E-state index contributed by atoms with van der Waals surface area (Å²) >= 11 is 11.6. The van der Waals surface area contributed by atoms with Crippen molar-refractivity contribution in [2.45, 2.75) is 4.90 Å². The van der Waals surface area contributed by atoms with Crippen LogP contribution < -0.4 is 0 Å². The quantitative estimate of drug-likeness (QED) is 0.503. The normalized spacial score (nSPS) is 15.2. The molecule has 2 heterocycles. The average molecular weight is 458 g/mol. The minimum absolute atomic E-state index is 0.0616. The molecule has 0 unspecified atom stereocenters. The Morgan fingerprint density at radius 2 is 1.66 bits per heavy atom. The lowest BCUT2D eigenvalue weighted by molar-refractivity contribution is -0.135. The van der Waals surface area contributed by atoms with Crippen molar-refractivity contribution in [3.63, 3.8) is 0 Å². The summed E-state index contributed by atoms with van der Waals surface area (Å²) in [5, 5.41) is 0.134. The van der Waals surface area contributed by atoms with E-state index < -0.39 is 28.5 Å². The molecule has 0 spiro atoms. The van der Waals surface area contributed by atoms with Gasteiger partial charge in [0.1, 0.15) is 5.15 Å². The van der Waals surface area contributed by atoms with E-state index in [0.717, 1.165) is 0 Å². The highest BCUT2D eigenvalue weighted by molar-refractivity contribution is 7.89. The maximum Gasteiger partial charge on any atom is 0.359 e. The Bertz CT molecular complexity index is 1010. The van der Waals surface area contributed by atoms with Gasteiger partial charge < -0.3 is 9.64 Å². The molecule has 0 atom stereocenters. The molecule has 11 heteroatoms. The van der Waals surface area contributed by atoms with Gasteiger partial charge in [0, 0.05) is 26.2 Å². The highest BCUT2D eigenvalue weighted by atomic mass is 35.5. The summed E-state index contributed by atoms with van der Waals surface area (Å²) in [4.78, 5) is 29.8. The van der Waals surface area contributed by atoms with Gasteiger partial charge in [-0.1, -0.05) is 41.4 Å². The van der Waals surface area contributed by atoms with E-state index in [-0.39, 0.29) is 46.9 Å². The third-order valence-electron chi connectivity index (χ3n) is 4.30. The number of carbonyl (C=O) groups is 2. The van der Waals surface area contributed by atoms with E-state index in [2.05, 4.69) is 4.98 Å². The molecule has 1 aromatic carbocycles. The third-order valence-corrected chi connectivity index (χ3v) is 6.73. The number of amides is 1. The lowest BCUT2D eigenvalue weighted by Crippen LogP contribution is -2.51. The number of sulfonamides is 1. The fourth-order valence-corrected chi connectivity index (χ4v) is 4.54. The van der Waals surface area contributed by atoms with Crippen LogP contribution in [0.4, 0.5) is 0 Å². The summed E-state index contributed by atoms with van der Waals surface area (Å²) in [5.41, 5.74) is -0.175. The van der Waals surface area contributed by atoms with Crippen LogP contribution in [0.3, 0.4) is 0 Å². The number of hydrogen-bond donors (Lipinski definition) is 0. The minimum atomic E-state index is -3.61. The Labute approximate surface area is 178 Å². The van der Waals surface area contributed by atoms with Crippen molar-refractivity contribution in [1.29, 1.82) is 0 Å². The lowest BCUT2D eigenvalue weighted by atomic mass is 10.3. The second-order valence-corrected chi connectivity index (χ2v) is 8.87. The largest absolute Gasteiger partial charge is 0.451 e. The summed E-state index contributed by atoms with van der Waals surface area (Å²) < 4.78 is 31.5. The molecule has 3 rings (SSSR count). The molecule has 1 aliphatic heterocycles. The maximum atomic E-state index is 12.6. The maximum absolute atomic E-state index is 12.6. The van der Waals surface area contributed by atoms with Crippen LogP contribution >= 0.6 is 23.2 Å². The van der Waals surface area contributed by atoms with Gasteiger partial charge in [0.05, 0.1) is 9.92 Å². The van der Waals surface area contributed by atoms with E-state index in [1.807, 2.05) is 0 Å². The molecule has 2 aromatic rings. The van der Waals surface area contributed by atoms with Crippen LogP contribution in [0.1, 0.15) is 10.5 Å². The van der Waals surface area contributed by atoms with Gasteiger partial charge in [-0.2, -0.15) is 4.31 Å². The molecule has 8 nitrogen and oxygen atoms in total. The Hall–Kier alpha value is -2.20. The zero-order valence-corrected chi connectivity index (χ0v) is 17.5. The van der Waals surface area contributed by atoms with E-state index in [0.29, 0.717) is 0 Å². The molecular formula is C18H17Cl2N3O5S. The fraction of sp³-hybridized carbons (Fsp3) is 0.278. The van der Waals surface area contributed by atoms with Crippen molar-refractivity contribution in [3.05, 3.63) is 58.3 Å². The second kappa shape index (κ2) is 9.08. The fourth-order valence-electron chi connectivity index (χ4n) is 2.77. The van der Waals surface area contributed by atoms with Gasteiger partial charge in [-0.15, -0.1) is 0 Å². The Kier molecular flexibility index (Phi) is 6.74. The Balaban J connectivity index is 1.54. The van der Waals surface area contributed by atoms with Gasteiger partial charge in [-0.3, -0.25) is 4.79 Å². The molecular weight excluding hydrogens is 441 g/mol. The number of rotatable bonds is 5. The first-order valence-corrected chi connectivity index (χ1v) is 10.8. The highest BCUT2D eigenvalue weighted by Crippen LogP contribution is 2.19. The van der Waals surface area contributed by atoms with Crippen molar-refractivity contribution >= 4 is 45.1 Å². The summed E-state index contributed by atoms with van der Waals surface area (Å²) in [5.74, 6) is -1.30. The van der Waals surface area contributed by atoms with Crippen molar-refractivity contribution in [3.8, 4) is 0 Å². The molecule has 29 heavy (non-hydrogen) atoms. The number of esters is 1. The van der Waals surface area contributed by atoms with E-state index in [4.69, 9.17) is 27.9 Å². The number of halogens is 2. The van der Waals surface area contributed by atoms with E-state index in [9.17, 15) is 18.0 Å². The number of carbonyl (C=O) groups excluding carboxylic acids is 2. The summed E-state index contributed by atoms with van der Waals surface area (Å²) in [6.45, 7) is 0.184. The van der Waals surface area contributed by atoms with Crippen molar-refractivity contribution < 1.29 is 22.7 Å². The van der Waals surface area contributed by atoms with Crippen LogP contribution in [-0.2, 0) is 19.6 Å². The predicted octanol–water partition coefficient (Wildman–Crippen LogP) is 2.08. The molecule has 154 valence electrons. The van der Waals surface area contributed by atoms with Crippen LogP contribution in [0.2, 0.25) is 10.2 Å². The number of piperazine rings is 1. The topological polar surface area (TPSA) is 96.9 Å². The van der Waals surface area contributed by atoms with Gasteiger partial charge >= 0.3 is 5.97 Å². The van der Waals surface area contributed by atoms with Crippen LogP contribution in [0.5, 0.6) is 0 Å². The zero-order chi connectivity index (χ0) is 21.0. The molecule has 1 amide bonds. The molecule has 1 aromatic heterocycles. The summed E-state index contributed by atoms with van der Waals surface area (Å²) in [6.07, 6.45) is 0. The van der Waals surface area contributed by atoms with Crippen LogP contribution in [0.15, 0.2) is 47.4 Å². The van der Waals surface area contributed by atoms with Crippen LogP contribution in [0, 0.1) is 0 Å². The highest BCUT2D eigenvalue weighted by Gasteiger charge is 2.30. The lowest BCUT2D eigenvalue weighted by Gasteiger charge is -2.33. The number of benzene rings is 1. The Morgan fingerprint density at radius 3 is 2.31 bits per heavy atom. The van der Waals surface area contributed by atoms with Crippen LogP contribution in [-0.4, -0.2) is 67.3 Å². The predicted molar refractivity (Wildman–Crippen MR) is 106 cm³/mol. The smallest absolute Gasteiger partial charge is 0.359 e. The molecule has 0 saturated carbocycles. The number of pyridine rings is 1. The van der Waals surface area contributed by atoms with E-state index >= 15 is 0 Å². The zero-order valence-electron chi connectivity index (χ0n) is 15.1. The van der Waals surface area contributed by atoms with Crippen molar-refractivity contribution in [2.75, 3.05) is 32.8 Å². The number of ether oxygens (including phenoxy) is 1. The molecule has 0 N–H and O–H groups in total. The van der Waals surface area contributed by atoms with Crippen molar-refractivity contribution in [2.24, 2.45) is 0 Å². The van der Waals surface area contributed by atoms with Gasteiger partial charge in [-0.05, 0) is 24.3 Å². The summed E-state index contributed by atoms with van der Waals surface area (Å²) in [6, 6.07) is 10.9. The first-order chi connectivity index (χ1) is 13.8. The van der Waals surface area contributed by atoms with E-state index in [1.54, 1.807) is 18.2 Å². The molecule has 0 radical (unpaired) electrons. The number of nitrogens with zero attached hydrogens (tertiary/aromatic N) is 3. The molecule has 1 fully saturated rings. The SMILES string of the molecule is O=C(OCC(=O)N1CCN(S(=O)(=O)c2ccccc2)CC1)c1nc(Cl)ccc1Cl. The third kappa shape index (κ3) is 5.05. The first-order valence-electron chi connectivity index (χ1n) is 8.61. The van der Waals surface area contributed by atoms with E-state index in [1.165, 1.54) is 33.5 Å². The average Bonchev–Trinajstić information content (AvgIpc) is 2.74. The van der Waals surface area contributed by atoms with Crippen LogP contribution in [0.25, 0.3) is 0 Å². The van der Waals surface area contributed by atoms with Gasteiger partial charge in [0.15, 0.2) is 12.3 Å². The molecule has 0 bridgehead atoms. The first kappa shape index (κ1) is 21.5. The Morgan fingerprint density at radius 1 is 1.00 bits per heavy atom.